The van der Waals surface area contributed by atoms with Gasteiger partial charge in [0.1, 0.15) is 4.92 Å². The third-order valence-corrected chi connectivity index (χ3v) is 2.38. The van der Waals surface area contributed by atoms with E-state index in [1.807, 2.05) is 30.3 Å². The first-order valence-electron chi connectivity index (χ1n) is 5.75. The zero-order valence-electron chi connectivity index (χ0n) is 10.4. The van der Waals surface area contributed by atoms with Gasteiger partial charge in [-0.1, -0.05) is 30.3 Å². The second-order valence-electron chi connectivity index (χ2n) is 3.89. The van der Waals surface area contributed by atoms with Crippen molar-refractivity contribution in [3.8, 4) is 0 Å². The lowest BCUT2D eigenvalue weighted by Gasteiger charge is -1.99. The molecule has 1 heterocycles. The van der Waals surface area contributed by atoms with Gasteiger partial charge in [0.25, 0.3) is 0 Å². The van der Waals surface area contributed by atoms with Crippen molar-refractivity contribution in [1.82, 2.24) is 5.43 Å². The summed E-state index contributed by atoms with van der Waals surface area (Å²) in [6.07, 6.45) is 1.41. The van der Waals surface area contributed by atoms with Crippen LogP contribution in [-0.2, 0) is 11.2 Å². The standard InChI is InChI=1S/C13H11N3O4/c17-12(8-10-4-2-1-3-5-10)15-14-9-11-6-7-13(20-11)16(18)19/h1-7,9H,8H2,(H,15,17)/b14-9-. The maximum atomic E-state index is 11.6. The van der Waals surface area contributed by atoms with Gasteiger partial charge in [-0.15, -0.1) is 0 Å². The van der Waals surface area contributed by atoms with E-state index in [2.05, 4.69) is 10.5 Å². The maximum Gasteiger partial charge on any atom is 0.433 e. The van der Waals surface area contributed by atoms with Gasteiger partial charge in [-0.25, -0.2) is 5.43 Å². The smallest absolute Gasteiger partial charge is 0.400 e. The van der Waals surface area contributed by atoms with Crippen LogP contribution in [-0.4, -0.2) is 17.0 Å². The Labute approximate surface area is 114 Å². The Kier molecular flexibility index (Phi) is 4.23. The third-order valence-electron chi connectivity index (χ3n) is 2.38. The van der Waals surface area contributed by atoms with Crippen LogP contribution in [0.3, 0.4) is 0 Å². The van der Waals surface area contributed by atoms with Crippen molar-refractivity contribution in [1.29, 1.82) is 0 Å². The molecule has 0 aliphatic rings. The summed E-state index contributed by atoms with van der Waals surface area (Å²) in [6, 6.07) is 11.8. The average Bonchev–Trinajstić information content (AvgIpc) is 2.89. The van der Waals surface area contributed by atoms with E-state index in [1.165, 1.54) is 18.3 Å². The number of hydrogen-bond donors (Lipinski definition) is 1. The number of nitrogens with zero attached hydrogens (tertiary/aromatic N) is 2. The molecule has 1 aromatic heterocycles. The zero-order valence-corrected chi connectivity index (χ0v) is 10.4. The van der Waals surface area contributed by atoms with Crippen molar-refractivity contribution in [3.63, 3.8) is 0 Å². The van der Waals surface area contributed by atoms with Crippen molar-refractivity contribution in [3.05, 3.63) is 63.9 Å². The Bertz CT molecular complexity index is 634. The first kappa shape index (κ1) is 13.5. The fourth-order valence-corrected chi connectivity index (χ4v) is 1.50. The number of nitro groups is 1. The fraction of sp³-hybridized carbons (Fsp3) is 0.0769. The molecule has 0 radical (unpaired) electrons. The highest BCUT2D eigenvalue weighted by Gasteiger charge is 2.10. The largest absolute Gasteiger partial charge is 0.433 e. The predicted octanol–water partition coefficient (Wildman–Crippen LogP) is 1.88. The van der Waals surface area contributed by atoms with Crippen LogP contribution in [0.25, 0.3) is 0 Å². The zero-order chi connectivity index (χ0) is 14.4. The van der Waals surface area contributed by atoms with Gasteiger partial charge >= 0.3 is 5.88 Å². The van der Waals surface area contributed by atoms with E-state index < -0.39 is 4.92 Å². The number of carbonyl (C=O) groups excluding carboxylic acids is 1. The molecule has 2 rings (SSSR count). The lowest BCUT2D eigenvalue weighted by molar-refractivity contribution is -0.402. The highest BCUT2D eigenvalue weighted by Crippen LogP contribution is 2.13. The summed E-state index contributed by atoms with van der Waals surface area (Å²) in [5.74, 6) is -0.465. The quantitative estimate of drug-likeness (QED) is 0.511. The summed E-state index contributed by atoms with van der Waals surface area (Å²) in [5, 5.41) is 14.1. The number of amides is 1. The van der Waals surface area contributed by atoms with E-state index in [1.54, 1.807) is 0 Å². The van der Waals surface area contributed by atoms with Crippen LogP contribution >= 0.6 is 0 Å². The molecule has 0 unspecified atom stereocenters. The monoisotopic (exact) mass is 273 g/mol. The number of nitrogens with one attached hydrogen (secondary N) is 1. The van der Waals surface area contributed by atoms with Gasteiger partial charge in [0.2, 0.25) is 5.91 Å². The Hall–Kier alpha value is -2.96. The molecule has 0 saturated heterocycles. The summed E-state index contributed by atoms with van der Waals surface area (Å²) < 4.78 is 4.85. The normalized spacial score (nSPS) is 10.6. The van der Waals surface area contributed by atoms with Crippen LogP contribution in [0, 0.1) is 10.1 Å². The van der Waals surface area contributed by atoms with Crippen LogP contribution in [0.15, 0.2) is 52.0 Å². The molecule has 2 aromatic rings. The van der Waals surface area contributed by atoms with Crippen LogP contribution in [0.4, 0.5) is 5.88 Å². The van der Waals surface area contributed by atoms with Gasteiger partial charge in [0.15, 0.2) is 5.76 Å². The Morgan fingerprint density at radius 2 is 2.05 bits per heavy atom. The Morgan fingerprint density at radius 3 is 2.70 bits per heavy atom. The number of hydrogen-bond acceptors (Lipinski definition) is 5. The summed E-state index contributed by atoms with van der Waals surface area (Å²) in [7, 11) is 0. The van der Waals surface area contributed by atoms with Crippen LogP contribution in [0.1, 0.15) is 11.3 Å². The fourth-order valence-electron chi connectivity index (χ4n) is 1.50. The number of rotatable bonds is 5. The average molecular weight is 273 g/mol. The molecule has 1 amide bonds. The third kappa shape index (κ3) is 3.77. The Morgan fingerprint density at radius 1 is 1.30 bits per heavy atom. The number of benzene rings is 1. The molecule has 0 spiro atoms. The minimum absolute atomic E-state index is 0.191. The number of hydrazone groups is 1. The molecule has 0 bridgehead atoms. The minimum atomic E-state index is -0.647. The highest BCUT2D eigenvalue weighted by molar-refractivity contribution is 5.81. The molecule has 0 fully saturated rings. The van der Waals surface area contributed by atoms with Gasteiger partial charge in [-0.3, -0.25) is 14.9 Å². The second kappa shape index (κ2) is 6.28. The van der Waals surface area contributed by atoms with E-state index in [0.29, 0.717) is 0 Å². The topological polar surface area (TPSA) is 97.7 Å². The Balaban J connectivity index is 1.86. The van der Waals surface area contributed by atoms with E-state index in [9.17, 15) is 14.9 Å². The first-order chi connectivity index (χ1) is 9.65. The summed E-state index contributed by atoms with van der Waals surface area (Å²) in [5.41, 5.74) is 3.19. The molecule has 7 heteroatoms. The van der Waals surface area contributed by atoms with Gasteiger partial charge in [-0.2, -0.15) is 5.10 Å². The van der Waals surface area contributed by atoms with Crippen molar-refractivity contribution < 1.29 is 14.1 Å². The van der Waals surface area contributed by atoms with E-state index >= 15 is 0 Å². The molecule has 0 aliphatic carbocycles. The predicted molar refractivity (Wildman–Crippen MR) is 71.2 cm³/mol. The summed E-state index contributed by atoms with van der Waals surface area (Å²) >= 11 is 0. The van der Waals surface area contributed by atoms with Gasteiger partial charge < -0.3 is 4.42 Å². The molecule has 0 atom stereocenters. The molecule has 7 nitrogen and oxygen atoms in total. The van der Waals surface area contributed by atoms with Crippen molar-refractivity contribution >= 4 is 18.0 Å². The molecule has 1 aromatic carbocycles. The van der Waals surface area contributed by atoms with E-state index in [-0.39, 0.29) is 24.0 Å². The van der Waals surface area contributed by atoms with E-state index in [4.69, 9.17) is 4.42 Å². The van der Waals surface area contributed by atoms with Gasteiger partial charge in [0, 0.05) is 0 Å². The van der Waals surface area contributed by atoms with Crippen molar-refractivity contribution in [2.45, 2.75) is 6.42 Å². The molecule has 102 valence electrons. The van der Waals surface area contributed by atoms with Crippen LogP contribution in [0.2, 0.25) is 0 Å². The molecule has 0 aliphatic heterocycles. The van der Waals surface area contributed by atoms with Gasteiger partial charge in [-0.05, 0) is 11.6 Å². The van der Waals surface area contributed by atoms with Crippen LogP contribution < -0.4 is 5.43 Å². The molecular weight excluding hydrogens is 262 g/mol. The molecular formula is C13H11N3O4. The van der Waals surface area contributed by atoms with Crippen molar-refractivity contribution in [2.24, 2.45) is 5.10 Å². The maximum absolute atomic E-state index is 11.6. The van der Waals surface area contributed by atoms with Crippen molar-refractivity contribution in [2.75, 3.05) is 0 Å². The molecule has 0 saturated carbocycles. The molecule has 1 N–H and O–H groups in total. The molecule has 20 heavy (non-hydrogen) atoms. The summed E-state index contributed by atoms with van der Waals surface area (Å²) in [6.45, 7) is 0. The van der Waals surface area contributed by atoms with Crippen LogP contribution in [0.5, 0.6) is 0 Å². The minimum Gasteiger partial charge on any atom is -0.400 e. The lowest BCUT2D eigenvalue weighted by Crippen LogP contribution is -2.19. The van der Waals surface area contributed by atoms with Gasteiger partial charge in [0.05, 0.1) is 18.7 Å². The SMILES string of the molecule is O=C(Cc1ccccc1)N/N=C\c1ccc([N+](=O)[O-])o1. The number of carbonyl (C=O) groups is 1. The lowest BCUT2D eigenvalue weighted by atomic mass is 10.1. The second-order valence-corrected chi connectivity index (χ2v) is 3.89. The summed E-state index contributed by atoms with van der Waals surface area (Å²) in [4.78, 5) is 21.3. The van der Waals surface area contributed by atoms with E-state index in [0.717, 1.165) is 5.56 Å². The first-order valence-corrected chi connectivity index (χ1v) is 5.75. The highest BCUT2D eigenvalue weighted by atomic mass is 16.6. The number of furan rings is 1.